The summed E-state index contributed by atoms with van der Waals surface area (Å²) in [5.41, 5.74) is 3.73. The maximum atomic E-state index is 12.8. The average molecular weight is 515 g/mol. The van der Waals surface area contributed by atoms with Crippen LogP contribution in [-0.2, 0) is 16.1 Å². The highest BCUT2D eigenvalue weighted by molar-refractivity contribution is 7.17. The molecule has 0 unspecified atom stereocenters. The molecule has 12 heteroatoms. The van der Waals surface area contributed by atoms with Gasteiger partial charge in [-0.1, -0.05) is 0 Å². The summed E-state index contributed by atoms with van der Waals surface area (Å²) in [6.07, 6.45) is 8.78. The van der Waals surface area contributed by atoms with E-state index in [-0.39, 0.29) is 24.8 Å². The Labute approximate surface area is 215 Å². The second-order valence-electron chi connectivity index (χ2n) is 9.00. The first-order chi connectivity index (χ1) is 17.9. The minimum atomic E-state index is -0.401. The van der Waals surface area contributed by atoms with Crippen LogP contribution >= 0.6 is 11.3 Å². The Kier molecular flexibility index (Phi) is 5.72. The summed E-state index contributed by atoms with van der Waals surface area (Å²) in [6, 6.07) is 5.92. The third kappa shape index (κ3) is 4.83. The summed E-state index contributed by atoms with van der Waals surface area (Å²) in [4.78, 5) is 51.1. The fraction of sp³-hybridized carbons (Fsp3) is 0.240. The maximum absolute atomic E-state index is 12.8. The van der Waals surface area contributed by atoms with Crippen LogP contribution in [0.2, 0.25) is 0 Å². The van der Waals surface area contributed by atoms with Crippen molar-refractivity contribution >= 4 is 46.6 Å². The number of nitrogens with zero attached hydrogens (tertiary/aromatic N) is 5. The van der Waals surface area contributed by atoms with Gasteiger partial charge >= 0.3 is 0 Å². The van der Waals surface area contributed by atoms with Crippen molar-refractivity contribution in [2.75, 3.05) is 5.32 Å². The topological polar surface area (TPSA) is 143 Å². The zero-order chi connectivity index (χ0) is 25.5. The summed E-state index contributed by atoms with van der Waals surface area (Å²) < 4.78 is 1.70. The van der Waals surface area contributed by atoms with Gasteiger partial charge in [0.15, 0.2) is 5.65 Å². The first-order valence-electron chi connectivity index (χ1n) is 11.8. The van der Waals surface area contributed by atoms with Gasteiger partial charge in [-0.2, -0.15) is 9.61 Å². The van der Waals surface area contributed by atoms with Gasteiger partial charge in [-0.15, -0.1) is 11.3 Å². The SMILES string of the molecule is Cc1cnc(CNC(=O)c2ccc(-c3cc(NC4CC4)n4ncc(/C=C5\CC(=O)NC5=O)c4n3)s2)cn1. The van der Waals surface area contributed by atoms with Gasteiger partial charge in [0, 0.05) is 29.4 Å². The van der Waals surface area contributed by atoms with E-state index in [1.54, 1.807) is 35.2 Å². The normalized spacial score (nSPS) is 16.4. The van der Waals surface area contributed by atoms with E-state index in [1.807, 2.05) is 19.1 Å². The number of anilines is 1. The molecule has 6 rings (SSSR count). The van der Waals surface area contributed by atoms with Gasteiger partial charge in [-0.3, -0.25) is 29.7 Å². The van der Waals surface area contributed by atoms with Gasteiger partial charge < -0.3 is 10.6 Å². The Balaban J connectivity index is 1.30. The lowest BCUT2D eigenvalue weighted by molar-refractivity contribution is -0.124. The van der Waals surface area contributed by atoms with E-state index in [0.717, 1.165) is 29.2 Å². The molecule has 2 fully saturated rings. The minimum absolute atomic E-state index is 0.0284. The second-order valence-corrected chi connectivity index (χ2v) is 10.1. The monoisotopic (exact) mass is 514 g/mol. The number of fused-ring (bicyclic) bond motifs is 1. The number of hydrogen-bond donors (Lipinski definition) is 3. The first kappa shape index (κ1) is 23.0. The van der Waals surface area contributed by atoms with Crippen LogP contribution in [0, 0.1) is 6.92 Å². The molecule has 4 aromatic rings. The van der Waals surface area contributed by atoms with Crippen molar-refractivity contribution in [3.63, 3.8) is 0 Å². The number of carbonyl (C=O) groups excluding carboxylic acids is 3. The number of nitrogens with one attached hydrogen (secondary N) is 3. The molecule has 3 N–H and O–H groups in total. The largest absolute Gasteiger partial charge is 0.367 e. The molecule has 1 aliphatic carbocycles. The first-order valence-corrected chi connectivity index (χ1v) is 12.6. The fourth-order valence-corrected chi connectivity index (χ4v) is 4.81. The Morgan fingerprint density at radius 1 is 1.22 bits per heavy atom. The van der Waals surface area contributed by atoms with Gasteiger partial charge in [0.1, 0.15) is 5.82 Å². The molecule has 1 saturated heterocycles. The number of hydrogen-bond acceptors (Lipinski definition) is 9. The van der Waals surface area contributed by atoms with Gasteiger partial charge in [-0.25, -0.2) is 4.98 Å². The number of aromatic nitrogens is 5. The lowest BCUT2D eigenvalue weighted by atomic mass is 10.1. The Hall–Kier alpha value is -4.45. The third-order valence-electron chi connectivity index (χ3n) is 6.00. The van der Waals surface area contributed by atoms with E-state index in [2.05, 4.69) is 31.0 Å². The molecule has 0 atom stereocenters. The van der Waals surface area contributed by atoms with Gasteiger partial charge in [0.25, 0.3) is 11.8 Å². The van der Waals surface area contributed by atoms with Crippen LogP contribution in [0.25, 0.3) is 22.3 Å². The third-order valence-corrected chi connectivity index (χ3v) is 7.11. The molecule has 37 heavy (non-hydrogen) atoms. The Morgan fingerprint density at radius 3 is 2.81 bits per heavy atom. The van der Waals surface area contributed by atoms with E-state index in [1.165, 1.54) is 11.3 Å². The highest BCUT2D eigenvalue weighted by Crippen LogP contribution is 2.32. The number of amides is 3. The molecular weight excluding hydrogens is 492 g/mol. The van der Waals surface area contributed by atoms with Gasteiger partial charge in [-0.05, 0) is 38.0 Å². The van der Waals surface area contributed by atoms with Crippen molar-refractivity contribution in [1.82, 2.24) is 35.2 Å². The quantitative estimate of drug-likeness (QED) is 0.252. The van der Waals surface area contributed by atoms with Gasteiger partial charge in [0.05, 0.1) is 52.2 Å². The summed E-state index contributed by atoms with van der Waals surface area (Å²) in [5.74, 6) is -0.155. The van der Waals surface area contributed by atoms with E-state index in [9.17, 15) is 14.4 Å². The molecule has 2 aliphatic rings. The molecule has 3 amide bonds. The molecule has 1 saturated carbocycles. The molecule has 0 spiro atoms. The van der Waals surface area contributed by atoms with Crippen LogP contribution in [0.1, 0.15) is 45.9 Å². The fourth-order valence-electron chi connectivity index (χ4n) is 3.92. The number of aryl methyl sites for hydroxylation is 1. The summed E-state index contributed by atoms with van der Waals surface area (Å²) in [7, 11) is 0. The summed E-state index contributed by atoms with van der Waals surface area (Å²) in [5, 5.41) is 13.1. The van der Waals surface area contributed by atoms with Crippen LogP contribution in [0.15, 0.2) is 42.4 Å². The summed E-state index contributed by atoms with van der Waals surface area (Å²) in [6.45, 7) is 2.14. The lowest BCUT2D eigenvalue weighted by Gasteiger charge is -2.09. The highest BCUT2D eigenvalue weighted by Gasteiger charge is 2.26. The molecule has 0 radical (unpaired) electrons. The Bertz CT molecular complexity index is 1580. The van der Waals surface area contributed by atoms with Crippen molar-refractivity contribution in [2.45, 2.75) is 38.8 Å². The van der Waals surface area contributed by atoms with E-state index in [0.29, 0.717) is 39.1 Å². The van der Waals surface area contributed by atoms with Crippen LogP contribution in [-0.4, -0.2) is 48.3 Å². The number of carbonyl (C=O) groups is 3. The standard InChI is InChI=1S/C25H22N8O3S/c1-13-9-27-17(11-26-13)12-28-25(36)20-5-4-19(37-20)18-8-21(30-16-2-3-16)33-23(31-18)15(10-29-33)6-14-7-22(34)32-24(14)35/h4-6,8-11,16,30H,2-3,7,12H2,1H3,(H,28,36)(H,32,34,35)/b14-6+. The van der Waals surface area contributed by atoms with Crippen LogP contribution < -0.4 is 16.0 Å². The smallest absolute Gasteiger partial charge is 0.261 e. The molecule has 1 aliphatic heterocycles. The van der Waals surface area contributed by atoms with E-state index in [4.69, 9.17) is 4.98 Å². The van der Waals surface area contributed by atoms with E-state index < -0.39 is 5.91 Å². The lowest BCUT2D eigenvalue weighted by Crippen LogP contribution is -2.22. The molecule has 0 aromatic carbocycles. The number of thiophene rings is 1. The molecule has 186 valence electrons. The zero-order valence-electron chi connectivity index (χ0n) is 19.8. The highest BCUT2D eigenvalue weighted by atomic mass is 32.1. The van der Waals surface area contributed by atoms with Crippen LogP contribution in [0.5, 0.6) is 0 Å². The van der Waals surface area contributed by atoms with Crippen molar-refractivity contribution in [3.05, 3.63) is 64.2 Å². The van der Waals surface area contributed by atoms with Crippen molar-refractivity contribution in [1.29, 1.82) is 0 Å². The van der Waals surface area contributed by atoms with Crippen molar-refractivity contribution in [2.24, 2.45) is 0 Å². The predicted molar refractivity (Wildman–Crippen MR) is 137 cm³/mol. The predicted octanol–water partition coefficient (Wildman–Crippen LogP) is 2.49. The van der Waals surface area contributed by atoms with Gasteiger partial charge in [0.2, 0.25) is 5.91 Å². The second kappa shape index (κ2) is 9.21. The molecule has 4 aromatic heterocycles. The molecular formula is C25H22N8O3S. The van der Waals surface area contributed by atoms with Crippen LogP contribution in [0.4, 0.5) is 5.82 Å². The number of rotatable bonds is 7. The number of imide groups is 1. The summed E-state index contributed by atoms with van der Waals surface area (Å²) >= 11 is 1.33. The maximum Gasteiger partial charge on any atom is 0.261 e. The average Bonchev–Trinajstić information content (AvgIpc) is 3.25. The van der Waals surface area contributed by atoms with Crippen molar-refractivity contribution < 1.29 is 14.4 Å². The zero-order valence-corrected chi connectivity index (χ0v) is 20.6. The molecule has 11 nitrogen and oxygen atoms in total. The molecule has 5 heterocycles. The Morgan fingerprint density at radius 2 is 2.08 bits per heavy atom. The minimum Gasteiger partial charge on any atom is -0.367 e. The van der Waals surface area contributed by atoms with Crippen molar-refractivity contribution in [3.8, 4) is 10.6 Å². The molecule has 0 bridgehead atoms. The van der Waals surface area contributed by atoms with Crippen LogP contribution in [0.3, 0.4) is 0 Å². The van der Waals surface area contributed by atoms with E-state index >= 15 is 0 Å².